The van der Waals surface area contributed by atoms with Gasteiger partial charge in [0, 0.05) is 5.69 Å². The zero-order valence-corrected chi connectivity index (χ0v) is 12.6. The molecule has 0 aromatic heterocycles. The van der Waals surface area contributed by atoms with Gasteiger partial charge < -0.3 is 4.74 Å². The number of halogens is 2. The number of ether oxygens (including phenoxy) is 1. The average molecular weight is 354 g/mol. The molecule has 1 aromatic rings. The smallest absolute Gasteiger partial charge is 0.306 e. The maximum absolute atomic E-state index is 13.0. The molecule has 0 fully saturated rings. The number of benzene rings is 1. The summed E-state index contributed by atoms with van der Waals surface area (Å²) < 4.78 is 43.4. The van der Waals surface area contributed by atoms with Crippen LogP contribution in [0.25, 0.3) is 0 Å². The number of carbonyl (C=O) groups is 1. The molecule has 0 radical (unpaired) electrons. The van der Waals surface area contributed by atoms with Crippen LogP contribution in [0, 0.1) is 5.82 Å². The second-order valence-corrected chi connectivity index (χ2v) is 6.30. The molecule has 0 unspecified atom stereocenters. The molecule has 1 aromatic carbocycles. The molecular weight excluding hydrogens is 341 g/mol. The van der Waals surface area contributed by atoms with Crippen LogP contribution in [-0.4, -0.2) is 26.7 Å². The second-order valence-electron chi connectivity index (χ2n) is 3.60. The first-order valence-electron chi connectivity index (χ1n) is 5.45. The van der Waals surface area contributed by atoms with E-state index in [-0.39, 0.29) is 28.9 Å². The number of rotatable bonds is 6. The predicted molar refractivity (Wildman–Crippen MR) is 72.8 cm³/mol. The Morgan fingerprint density at radius 3 is 2.74 bits per heavy atom. The van der Waals surface area contributed by atoms with Crippen molar-refractivity contribution in [3.05, 3.63) is 28.5 Å². The first kappa shape index (κ1) is 15.9. The van der Waals surface area contributed by atoms with E-state index in [9.17, 15) is 17.6 Å². The Kier molecular flexibility index (Phi) is 5.74. The summed E-state index contributed by atoms with van der Waals surface area (Å²) in [6, 6.07) is 3.73. The lowest BCUT2D eigenvalue weighted by Gasteiger charge is -2.08. The Bertz CT molecular complexity index is 562. The summed E-state index contributed by atoms with van der Waals surface area (Å²) in [4.78, 5) is 11.1. The third kappa shape index (κ3) is 5.56. The number of carbonyl (C=O) groups excluding carboxylic acids is 1. The van der Waals surface area contributed by atoms with Crippen molar-refractivity contribution in [2.45, 2.75) is 13.3 Å². The molecule has 1 N–H and O–H groups in total. The lowest BCUT2D eigenvalue weighted by Crippen LogP contribution is -2.20. The van der Waals surface area contributed by atoms with Crippen molar-refractivity contribution >= 4 is 37.6 Å². The maximum Gasteiger partial charge on any atom is 0.306 e. The summed E-state index contributed by atoms with van der Waals surface area (Å²) in [6.45, 7) is 1.85. The third-order valence-corrected chi connectivity index (χ3v) is 3.97. The molecule has 8 heteroatoms. The minimum absolute atomic E-state index is 0.151. The first-order chi connectivity index (χ1) is 8.84. The highest BCUT2D eigenvalue weighted by atomic mass is 79.9. The molecule has 0 aliphatic heterocycles. The molecule has 0 saturated carbocycles. The van der Waals surface area contributed by atoms with E-state index in [1.807, 2.05) is 0 Å². The van der Waals surface area contributed by atoms with Crippen LogP contribution in [0.4, 0.5) is 10.1 Å². The predicted octanol–water partition coefficient (Wildman–Crippen LogP) is 2.28. The standard InChI is InChI=1S/C11H13BrFNO4S/c1-2-18-11(15)5-6-19(16,17)14-8-3-4-10(13)9(12)7-8/h3-4,7,14H,2,5-6H2,1H3. The summed E-state index contributed by atoms with van der Waals surface area (Å²) in [5, 5.41) is 0. The fourth-order valence-electron chi connectivity index (χ4n) is 1.24. The van der Waals surface area contributed by atoms with Gasteiger partial charge in [-0.2, -0.15) is 0 Å². The Hall–Kier alpha value is -1.15. The number of hydrogen-bond donors (Lipinski definition) is 1. The summed E-state index contributed by atoms with van der Waals surface area (Å²) in [5.41, 5.74) is 0.220. The Morgan fingerprint density at radius 2 is 2.16 bits per heavy atom. The molecular formula is C11H13BrFNO4S. The van der Waals surface area contributed by atoms with Crippen LogP contribution < -0.4 is 4.72 Å². The number of anilines is 1. The van der Waals surface area contributed by atoms with Gasteiger partial charge in [-0.05, 0) is 41.1 Å². The second kappa shape index (κ2) is 6.85. The van der Waals surface area contributed by atoms with Crippen molar-refractivity contribution in [2.75, 3.05) is 17.1 Å². The number of nitrogens with one attached hydrogen (secondary N) is 1. The molecule has 106 valence electrons. The van der Waals surface area contributed by atoms with Crippen LogP contribution in [0.15, 0.2) is 22.7 Å². The van der Waals surface area contributed by atoms with Crippen molar-refractivity contribution in [3.63, 3.8) is 0 Å². The molecule has 0 aliphatic rings. The van der Waals surface area contributed by atoms with Crippen molar-refractivity contribution in [1.82, 2.24) is 0 Å². The van der Waals surface area contributed by atoms with E-state index in [4.69, 9.17) is 0 Å². The van der Waals surface area contributed by atoms with Crippen molar-refractivity contribution in [3.8, 4) is 0 Å². The Balaban J connectivity index is 2.64. The van der Waals surface area contributed by atoms with E-state index < -0.39 is 21.8 Å². The van der Waals surface area contributed by atoms with E-state index in [2.05, 4.69) is 25.4 Å². The maximum atomic E-state index is 13.0. The highest BCUT2D eigenvalue weighted by Crippen LogP contribution is 2.20. The van der Waals surface area contributed by atoms with Crippen LogP contribution >= 0.6 is 15.9 Å². The summed E-state index contributed by atoms with van der Waals surface area (Å²) in [5.74, 6) is -1.46. The van der Waals surface area contributed by atoms with E-state index in [1.54, 1.807) is 6.92 Å². The molecule has 0 aliphatic carbocycles. The van der Waals surface area contributed by atoms with Crippen LogP contribution in [0.5, 0.6) is 0 Å². The average Bonchev–Trinajstić information content (AvgIpc) is 2.32. The molecule has 1 rings (SSSR count). The van der Waals surface area contributed by atoms with Gasteiger partial charge in [-0.25, -0.2) is 12.8 Å². The van der Waals surface area contributed by atoms with Crippen molar-refractivity contribution in [1.29, 1.82) is 0 Å². The van der Waals surface area contributed by atoms with Gasteiger partial charge in [0.15, 0.2) is 0 Å². The third-order valence-electron chi connectivity index (χ3n) is 2.07. The Labute approximate surface area is 119 Å². The van der Waals surface area contributed by atoms with Gasteiger partial charge >= 0.3 is 5.97 Å². The van der Waals surface area contributed by atoms with E-state index in [0.29, 0.717) is 0 Å². The van der Waals surface area contributed by atoms with Gasteiger partial charge in [0.25, 0.3) is 0 Å². The van der Waals surface area contributed by atoms with Gasteiger partial charge in [-0.1, -0.05) is 0 Å². The van der Waals surface area contributed by atoms with E-state index >= 15 is 0 Å². The molecule has 0 heterocycles. The summed E-state index contributed by atoms with van der Waals surface area (Å²) in [6.07, 6.45) is -0.231. The highest BCUT2D eigenvalue weighted by Gasteiger charge is 2.14. The molecule has 5 nitrogen and oxygen atoms in total. The van der Waals surface area contributed by atoms with Crippen LogP contribution in [-0.2, 0) is 19.6 Å². The van der Waals surface area contributed by atoms with E-state index in [1.165, 1.54) is 12.1 Å². The fourth-order valence-corrected chi connectivity index (χ4v) is 2.64. The number of esters is 1. The minimum Gasteiger partial charge on any atom is -0.466 e. The summed E-state index contributed by atoms with van der Waals surface area (Å²) in [7, 11) is -3.67. The van der Waals surface area contributed by atoms with Gasteiger partial charge in [0.2, 0.25) is 10.0 Å². The molecule has 0 saturated heterocycles. The minimum atomic E-state index is -3.67. The van der Waals surface area contributed by atoms with Crippen LogP contribution in [0.3, 0.4) is 0 Å². The lowest BCUT2D eigenvalue weighted by atomic mass is 10.3. The molecule has 0 bridgehead atoms. The molecule has 0 atom stereocenters. The largest absolute Gasteiger partial charge is 0.466 e. The lowest BCUT2D eigenvalue weighted by molar-refractivity contribution is -0.142. The first-order valence-corrected chi connectivity index (χ1v) is 7.89. The molecule has 0 amide bonds. The molecule has 0 spiro atoms. The number of hydrogen-bond acceptors (Lipinski definition) is 4. The monoisotopic (exact) mass is 353 g/mol. The van der Waals surface area contributed by atoms with Gasteiger partial charge in [0.05, 0.1) is 23.3 Å². The van der Waals surface area contributed by atoms with Crippen LogP contribution in [0.2, 0.25) is 0 Å². The van der Waals surface area contributed by atoms with Crippen molar-refractivity contribution < 1.29 is 22.3 Å². The number of sulfonamides is 1. The zero-order valence-electron chi connectivity index (χ0n) is 10.2. The summed E-state index contributed by atoms with van der Waals surface area (Å²) >= 11 is 2.95. The topological polar surface area (TPSA) is 72.5 Å². The molecule has 19 heavy (non-hydrogen) atoms. The quantitative estimate of drug-likeness (QED) is 0.796. The van der Waals surface area contributed by atoms with Gasteiger partial charge in [0.1, 0.15) is 5.82 Å². The normalized spacial score (nSPS) is 11.1. The SMILES string of the molecule is CCOC(=O)CCS(=O)(=O)Nc1ccc(F)c(Br)c1. The fraction of sp³-hybridized carbons (Fsp3) is 0.364. The van der Waals surface area contributed by atoms with Gasteiger partial charge in [-0.3, -0.25) is 9.52 Å². The van der Waals surface area contributed by atoms with E-state index in [0.717, 1.165) is 6.07 Å². The van der Waals surface area contributed by atoms with Crippen molar-refractivity contribution in [2.24, 2.45) is 0 Å². The highest BCUT2D eigenvalue weighted by molar-refractivity contribution is 9.10. The van der Waals surface area contributed by atoms with Gasteiger partial charge in [-0.15, -0.1) is 0 Å². The zero-order chi connectivity index (χ0) is 14.5. The Morgan fingerprint density at radius 1 is 1.47 bits per heavy atom. The van der Waals surface area contributed by atoms with Crippen LogP contribution in [0.1, 0.15) is 13.3 Å².